The zero-order chi connectivity index (χ0) is 12.6. The van der Waals surface area contributed by atoms with E-state index in [2.05, 4.69) is 0 Å². The van der Waals surface area contributed by atoms with Crippen molar-refractivity contribution < 1.29 is 5.11 Å². The molecular weight excluding hydrogens is 232 g/mol. The van der Waals surface area contributed by atoms with Crippen molar-refractivity contribution in [2.45, 2.75) is 69.8 Å². The number of allylic oxidation sites excluding steroid dienone is 1. The average molecular weight is 258 g/mol. The molecule has 0 aliphatic heterocycles. The molecular formula is C18H26O. The van der Waals surface area contributed by atoms with Crippen molar-refractivity contribution >= 4 is 0 Å². The van der Waals surface area contributed by atoms with Crippen LogP contribution in [0.25, 0.3) is 0 Å². The molecule has 6 atom stereocenters. The number of rotatable bonds is 0. The van der Waals surface area contributed by atoms with E-state index in [4.69, 9.17) is 0 Å². The molecule has 19 heavy (non-hydrogen) atoms. The maximum absolute atomic E-state index is 11.5. The molecule has 4 bridgehead atoms. The minimum atomic E-state index is -0.244. The highest BCUT2D eigenvalue weighted by Crippen LogP contribution is 2.71. The van der Waals surface area contributed by atoms with E-state index in [-0.39, 0.29) is 5.60 Å². The first-order chi connectivity index (χ1) is 9.30. The summed E-state index contributed by atoms with van der Waals surface area (Å²) in [4.78, 5) is 0. The van der Waals surface area contributed by atoms with Crippen molar-refractivity contribution in [3.05, 3.63) is 11.1 Å². The van der Waals surface area contributed by atoms with Gasteiger partial charge in [0.2, 0.25) is 0 Å². The number of fused-ring (bicyclic) bond motifs is 11. The summed E-state index contributed by atoms with van der Waals surface area (Å²) < 4.78 is 0. The average Bonchev–Trinajstić information content (AvgIpc) is 3.05. The Hall–Kier alpha value is -0.300. The van der Waals surface area contributed by atoms with E-state index in [9.17, 15) is 5.11 Å². The van der Waals surface area contributed by atoms with E-state index in [1.54, 1.807) is 5.57 Å². The van der Waals surface area contributed by atoms with Gasteiger partial charge in [0.05, 0.1) is 5.60 Å². The van der Waals surface area contributed by atoms with Gasteiger partial charge < -0.3 is 5.11 Å². The van der Waals surface area contributed by atoms with Crippen molar-refractivity contribution in [3.63, 3.8) is 0 Å². The number of aliphatic hydroxyl groups is 1. The van der Waals surface area contributed by atoms with Crippen LogP contribution in [-0.4, -0.2) is 10.7 Å². The van der Waals surface area contributed by atoms with E-state index in [1.165, 1.54) is 64.2 Å². The molecule has 0 saturated heterocycles. The zero-order valence-corrected chi connectivity index (χ0v) is 11.9. The van der Waals surface area contributed by atoms with Crippen LogP contribution in [0.4, 0.5) is 0 Å². The summed E-state index contributed by atoms with van der Waals surface area (Å²) in [6.45, 7) is 0. The van der Waals surface area contributed by atoms with Crippen molar-refractivity contribution in [1.82, 2.24) is 0 Å². The first-order valence-corrected chi connectivity index (χ1v) is 8.74. The Bertz CT molecular complexity index is 451. The van der Waals surface area contributed by atoms with Gasteiger partial charge in [0.15, 0.2) is 0 Å². The van der Waals surface area contributed by atoms with Crippen LogP contribution in [0.15, 0.2) is 11.1 Å². The van der Waals surface area contributed by atoms with Crippen molar-refractivity contribution in [3.8, 4) is 0 Å². The normalized spacial score (nSPS) is 55.1. The highest BCUT2D eigenvalue weighted by Gasteiger charge is 2.70. The Morgan fingerprint density at radius 1 is 0.895 bits per heavy atom. The Balaban J connectivity index is 1.59. The van der Waals surface area contributed by atoms with Gasteiger partial charge >= 0.3 is 0 Å². The van der Waals surface area contributed by atoms with Crippen LogP contribution in [0, 0.1) is 29.6 Å². The maximum atomic E-state index is 11.5. The largest absolute Gasteiger partial charge is 0.389 e. The van der Waals surface area contributed by atoms with Crippen LogP contribution in [0.2, 0.25) is 0 Å². The fourth-order valence-corrected chi connectivity index (χ4v) is 7.08. The Kier molecular flexibility index (Phi) is 2.19. The predicted octanol–water partition coefficient (Wildman–Crippen LogP) is 4.06. The lowest BCUT2D eigenvalue weighted by Crippen LogP contribution is -2.48. The SMILES string of the molecule is O[C@]12[C@H]3CC[C@@H](C3)[C@H]1[C@H]1C[C@H]2C2=C1CCCCCC2. The fraction of sp³-hybridized carbons (Fsp3) is 0.889. The van der Waals surface area contributed by atoms with E-state index >= 15 is 0 Å². The van der Waals surface area contributed by atoms with Gasteiger partial charge in [-0.1, -0.05) is 24.0 Å². The summed E-state index contributed by atoms with van der Waals surface area (Å²) in [5.41, 5.74) is 3.37. The van der Waals surface area contributed by atoms with Gasteiger partial charge in [-0.05, 0) is 75.0 Å². The highest BCUT2D eigenvalue weighted by atomic mass is 16.3. The second kappa shape index (κ2) is 3.67. The molecule has 0 heterocycles. The van der Waals surface area contributed by atoms with Crippen molar-refractivity contribution in [2.75, 3.05) is 0 Å². The van der Waals surface area contributed by atoms with E-state index in [0.717, 1.165) is 11.8 Å². The van der Waals surface area contributed by atoms with Crippen LogP contribution >= 0.6 is 0 Å². The third-order valence-corrected chi connectivity index (χ3v) is 7.57. The molecule has 3 fully saturated rings. The van der Waals surface area contributed by atoms with E-state index in [0.29, 0.717) is 17.8 Å². The standard InChI is InChI=1S/C18H26O/c19-18-12-8-7-11(9-12)17(18)15-10-16(18)14-6-4-2-1-3-5-13(14)15/h11-12,15-17,19H,1-10H2/t11-,12-,15-,16-,17-,18-/m0/s1. The lowest BCUT2D eigenvalue weighted by atomic mass is 9.64. The first kappa shape index (κ1) is 11.4. The molecule has 0 aromatic rings. The van der Waals surface area contributed by atoms with Crippen LogP contribution in [0.3, 0.4) is 0 Å². The number of hydrogen-bond acceptors (Lipinski definition) is 1. The Morgan fingerprint density at radius 3 is 2.53 bits per heavy atom. The smallest absolute Gasteiger partial charge is 0.0777 e. The molecule has 3 saturated carbocycles. The minimum absolute atomic E-state index is 0.244. The van der Waals surface area contributed by atoms with Gasteiger partial charge in [-0.25, -0.2) is 0 Å². The number of hydrogen-bond donors (Lipinski definition) is 1. The summed E-state index contributed by atoms with van der Waals surface area (Å²) in [5, 5.41) is 11.5. The van der Waals surface area contributed by atoms with Gasteiger partial charge in [0.1, 0.15) is 0 Å². The second-order valence-corrected chi connectivity index (χ2v) is 8.04. The summed E-state index contributed by atoms with van der Waals surface area (Å²) in [5.74, 6) is 3.61. The van der Waals surface area contributed by atoms with Crippen LogP contribution in [-0.2, 0) is 0 Å². The van der Waals surface area contributed by atoms with Gasteiger partial charge in [-0.15, -0.1) is 0 Å². The minimum Gasteiger partial charge on any atom is -0.389 e. The van der Waals surface area contributed by atoms with Crippen LogP contribution in [0.1, 0.15) is 64.2 Å². The lowest BCUT2D eigenvalue weighted by Gasteiger charge is -2.45. The molecule has 1 nitrogen and oxygen atoms in total. The van der Waals surface area contributed by atoms with Gasteiger partial charge in [0, 0.05) is 5.92 Å². The van der Waals surface area contributed by atoms with Gasteiger partial charge in [0.25, 0.3) is 0 Å². The van der Waals surface area contributed by atoms with Gasteiger partial charge in [-0.3, -0.25) is 0 Å². The molecule has 104 valence electrons. The van der Waals surface area contributed by atoms with Crippen molar-refractivity contribution in [2.24, 2.45) is 29.6 Å². The lowest BCUT2D eigenvalue weighted by molar-refractivity contribution is -0.0762. The quantitative estimate of drug-likeness (QED) is 0.513. The highest BCUT2D eigenvalue weighted by molar-refractivity contribution is 5.39. The topological polar surface area (TPSA) is 20.2 Å². The molecule has 0 aromatic carbocycles. The third kappa shape index (κ3) is 1.22. The maximum Gasteiger partial charge on any atom is 0.0777 e. The molecule has 5 rings (SSSR count). The molecule has 0 amide bonds. The second-order valence-electron chi connectivity index (χ2n) is 8.04. The summed E-state index contributed by atoms with van der Waals surface area (Å²) in [7, 11) is 0. The fourth-order valence-electron chi connectivity index (χ4n) is 7.08. The molecule has 0 radical (unpaired) electrons. The Labute approximate surface area is 116 Å². The third-order valence-electron chi connectivity index (χ3n) is 7.57. The zero-order valence-electron chi connectivity index (χ0n) is 11.9. The first-order valence-electron chi connectivity index (χ1n) is 8.74. The van der Waals surface area contributed by atoms with E-state index < -0.39 is 0 Å². The van der Waals surface area contributed by atoms with E-state index in [1.807, 2.05) is 5.57 Å². The molecule has 0 aromatic heterocycles. The summed E-state index contributed by atoms with van der Waals surface area (Å²) in [6.07, 6.45) is 13.8. The summed E-state index contributed by atoms with van der Waals surface area (Å²) in [6, 6.07) is 0. The molecule has 0 unspecified atom stereocenters. The van der Waals surface area contributed by atoms with Crippen LogP contribution < -0.4 is 0 Å². The summed E-state index contributed by atoms with van der Waals surface area (Å²) >= 11 is 0. The van der Waals surface area contributed by atoms with Gasteiger partial charge in [-0.2, -0.15) is 0 Å². The molecule has 1 heteroatoms. The van der Waals surface area contributed by atoms with Crippen molar-refractivity contribution in [1.29, 1.82) is 0 Å². The monoisotopic (exact) mass is 258 g/mol. The predicted molar refractivity (Wildman–Crippen MR) is 75.6 cm³/mol. The van der Waals surface area contributed by atoms with Crippen LogP contribution in [0.5, 0.6) is 0 Å². The Morgan fingerprint density at radius 2 is 1.68 bits per heavy atom. The molecule has 1 N–H and O–H groups in total. The molecule has 5 aliphatic rings. The molecule has 5 aliphatic carbocycles. The molecule has 0 spiro atoms.